The molecule has 0 unspecified atom stereocenters. The highest BCUT2D eigenvalue weighted by molar-refractivity contribution is 7.85. The maximum absolute atomic E-state index is 12.4. The smallest absolute Gasteiger partial charge is 0.410 e. The SMILES string of the molecule is CCCCCCCCCN(CCCS(=O)(=O)O)C(=O)OCc1ccccc1. The number of hydrogen-bond donors (Lipinski definition) is 1. The molecule has 0 aromatic heterocycles. The van der Waals surface area contributed by atoms with E-state index >= 15 is 0 Å². The lowest BCUT2D eigenvalue weighted by atomic mass is 10.1. The second kappa shape index (κ2) is 13.6. The van der Waals surface area contributed by atoms with Crippen molar-refractivity contribution < 1.29 is 22.5 Å². The third kappa shape index (κ3) is 12.4. The van der Waals surface area contributed by atoms with E-state index in [-0.39, 0.29) is 25.3 Å². The van der Waals surface area contributed by atoms with Gasteiger partial charge in [0.05, 0.1) is 5.75 Å². The highest BCUT2D eigenvalue weighted by atomic mass is 32.2. The van der Waals surface area contributed by atoms with E-state index in [2.05, 4.69) is 6.92 Å². The van der Waals surface area contributed by atoms with Crippen LogP contribution in [-0.4, -0.2) is 42.8 Å². The first-order valence-electron chi connectivity index (χ1n) is 9.83. The molecule has 0 saturated heterocycles. The van der Waals surface area contributed by atoms with Crippen LogP contribution >= 0.6 is 0 Å². The summed E-state index contributed by atoms with van der Waals surface area (Å²) in [5, 5.41) is 0. The molecule has 0 atom stereocenters. The molecular weight excluding hydrogens is 366 g/mol. The Bertz CT molecular complexity index is 619. The summed E-state index contributed by atoms with van der Waals surface area (Å²) in [5.41, 5.74) is 0.902. The monoisotopic (exact) mass is 399 g/mol. The molecule has 1 N–H and O–H groups in total. The third-order valence-electron chi connectivity index (χ3n) is 4.33. The number of benzene rings is 1. The van der Waals surface area contributed by atoms with Gasteiger partial charge >= 0.3 is 6.09 Å². The average molecular weight is 400 g/mol. The first-order chi connectivity index (χ1) is 12.9. The van der Waals surface area contributed by atoms with Gasteiger partial charge in [0.15, 0.2) is 0 Å². The molecule has 0 bridgehead atoms. The summed E-state index contributed by atoms with van der Waals surface area (Å²) in [4.78, 5) is 13.9. The zero-order chi connectivity index (χ0) is 20.0. The van der Waals surface area contributed by atoms with Crippen molar-refractivity contribution in [2.45, 2.75) is 64.9 Å². The molecule has 27 heavy (non-hydrogen) atoms. The topological polar surface area (TPSA) is 83.9 Å². The van der Waals surface area contributed by atoms with Gasteiger partial charge in [-0.15, -0.1) is 0 Å². The fraction of sp³-hybridized carbons (Fsp3) is 0.650. The van der Waals surface area contributed by atoms with Gasteiger partial charge in [0.1, 0.15) is 6.61 Å². The van der Waals surface area contributed by atoms with E-state index in [1.165, 1.54) is 25.7 Å². The summed E-state index contributed by atoms with van der Waals surface area (Å²) in [7, 11) is -4.02. The van der Waals surface area contributed by atoms with Crippen LogP contribution in [0.1, 0.15) is 63.9 Å². The number of carbonyl (C=O) groups excluding carboxylic acids is 1. The number of ether oxygens (including phenoxy) is 1. The molecule has 0 heterocycles. The molecule has 154 valence electrons. The molecule has 1 aromatic carbocycles. The second-order valence-corrected chi connectivity index (χ2v) is 8.36. The lowest BCUT2D eigenvalue weighted by molar-refractivity contribution is 0.0954. The summed E-state index contributed by atoms with van der Waals surface area (Å²) in [5.74, 6) is -0.355. The summed E-state index contributed by atoms with van der Waals surface area (Å²) in [6.07, 6.45) is 7.70. The summed E-state index contributed by atoms with van der Waals surface area (Å²) in [6, 6.07) is 9.42. The van der Waals surface area contributed by atoms with Crippen LogP contribution in [0.4, 0.5) is 4.79 Å². The average Bonchev–Trinajstić information content (AvgIpc) is 2.64. The first kappa shape index (κ1) is 23.4. The van der Waals surface area contributed by atoms with Gasteiger partial charge in [-0.3, -0.25) is 4.55 Å². The second-order valence-electron chi connectivity index (χ2n) is 6.79. The van der Waals surface area contributed by atoms with Gasteiger partial charge < -0.3 is 9.64 Å². The fourth-order valence-electron chi connectivity index (χ4n) is 2.80. The number of nitrogens with zero attached hydrogens (tertiary/aromatic N) is 1. The Labute approximate surface area is 163 Å². The van der Waals surface area contributed by atoms with E-state index < -0.39 is 16.2 Å². The number of unbranched alkanes of at least 4 members (excludes halogenated alkanes) is 6. The van der Waals surface area contributed by atoms with E-state index in [1.54, 1.807) is 4.90 Å². The van der Waals surface area contributed by atoms with Gasteiger partial charge in [0, 0.05) is 13.1 Å². The van der Waals surface area contributed by atoms with E-state index in [0.717, 1.165) is 24.8 Å². The highest BCUT2D eigenvalue weighted by Gasteiger charge is 2.16. The van der Waals surface area contributed by atoms with Crippen molar-refractivity contribution in [3.05, 3.63) is 35.9 Å². The van der Waals surface area contributed by atoms with Crippen molar-refractivity contribution in [1.82, 2.24) is 4.90 Å². The Balaban J connectivity index is 2.41. The first-order valence-corrected chi connectivity index (χ1v) is 11.4. The van der Waals surface area contributed by atoms with Crippen molar-refractivity contribution >= 4 is 16.2 Å². The third-order valence-corrected chi connectivity index (χ3v) is 5.13. The summed E-state index contributed by atoms with van der Waals surface area (Å²) < 4.78 is 36.0. The van der Waals surface area contributed by atoms with Crippen molar-refractivity contribution in [3.8, 4) is 0 Å². The molecule has 0 spiro atoms. The molecule has 0 aliphatic carbocycles. The number of carbonyl (C=O) groups is 1. The number of amides is 1. The van der Waals surface area contributed by atoms with Crippen LogP contribution in [0.15, 0.2) is 30.3 Å². The van der Waals surface area contributed by atoms with Gasteiger partial charge in [0.25, 0.3) is 10.1 Å². The number of hydrogen-bond acceptors (Lipinski definition) is 4. The van der Waals surface area contributed by atoms with Crippen LogP contribution in [0.5, 0.6) is 0 Å². The lowest BCUT2D eigenvalue weighted by Crippen LogP contribution is -2.34. The van der Waals surface area contributed by atoms with Crippen LogP contribution in [0.25, 0.3) is 0 Å². The van der Waals surface area contributed by atoms with E-state index in [4.69, 9.17) is 9.29 Å². The molecule has 0 radical (unpaired) electrons. The minimum Gasteiger partial charge on any atom is -0.445 e. The Morgan fingerprint density at radius 2 is 1.56 bits per heavy atom. The largest absolute Gasteiger partial charge is 0.445 e. The van der Waals surface area contributed by atoms with Crippen LogP contribution in [0, 0.1) is 0 Å². The molecule has 1 amide bonds. The molecule has 1 rings (SSSR count). The predicted molar refractivity (Wildman–Crippen MR) is 107 cm³/mol. The minimum atomic E-state index is -4.02. The van der Waals surface area contributed by atoms with E-state index in [1.807, 2.05) is 30.3 Å². The zero-order valence-corrected chi connectivity index (χ0v) is 17.1. The Morgan fingerprint density at radius 1 is 0.963 bits per heavy atom. The lowest BCUT2D eigenvalue weighted by Gasteiger charge is -2.22. The maximum Gasteiger partial charge on any atom is 0.410 e. The Morgan fingerprint density at radius 3 is 2.19 bits per heavy atom. The zero-order valence-electron chi connectivity index (χ0n) is 16.3. The summed E-state index contributed by atoms with van der Waals surface area (Å²) in [6.45, 7) is 3.16. The quantitative estimate of drug-likeness (QED) is 0.363. The van der Waals surface area contributed by atoms with Crippen LogP contribution < -0.4 is 0 Å². The van der Waals surface area contributed by atoms with Crippen LogP contribution in [0.2, 0.25) is 0 Å². The molecule has 0 saturated carbocycles. The van der Waals surface area contributed by atoms with Crippen LogP contribution in [0.3, 0.4) is 0 Å². The molecule has 0 aliphatic heterocycles. The predicted octanol–water partition coefficient (Wildman–Crippen LogP) is 4.65. The van der Waals surface area contributed by atoms with Gasteiger partial charge in [-0.05, 0) is 18.4 Å². The van der Waals surface area contributed by atoms with Crippen molar-refractivity contribution in [1.29, 1.82) is 0 Å². The number of rotatable bonds is 14. The van der Waals surface area contributed by atoms with Crippen molar-refractivity contribution in [2.24, 2.45) is 0 Å². The van der Waals surface area contributed by atoms with E-state index in [9.17, 15) is 13.2 Å². The standard InChI is InChI=1S/C20H33NO5S/c1-2-3-4-5-6-7-11-15-21(16-12-17-27(23,24)25)20(22)26-18-19-13-9-8-10-14-19/h8-10,13-14H,2-7,11-12,15-18H2,1H3,(H,23,24,25). The maximum atomic E-state index is 12.4. The van der Waals surface area contributed by atoms with E-state index in [0.29, 0.717) is 6.54 Å². The molecule has 0 fully saturated rings. The molecule has 1 aromatic rings. The van der Waals surface area contributed by atoms with Gasteiger partial charge in [-0.1, -0.05) is 75.8 Å². The van der Waals surface area contributed by atoms with Gasteiger partial charge in [0.2, 0.25) is 0 Å². The van der Waals surface area contributed by atoms with Crippen molar-refractivity contribution in [3.63, 3.8) is 0 Å². The van der Waals surface area contributed by atoms with Gasteiger partial charge in [-0.25, -0.2) is 4.79 Å². The Hall–Kier alpha value is -1.60. The van der Waals surface area contributed by atoms with Crippen LogP contribution in [-0.2, 0) is 21.5 Å². The molecular formula is C20H33NO5S. The minimum absolute atomic E-state index is 0.186. The molecule has 7 heteroatoms. The normalized spacial score (nSPS) is 11.3. The van der Waals surface area contributed by atoms with Crippen molar-refractivity contribution in [2.75, 3.05) is 18.8 Å². The molecule has 6 nitrogen and oxygen atoms in total. The summed E-state index contributed by atoms with van der Waals surface area (Å²) >= 11 is 0. The van der Waals surface area contributed by atoms with Gasteiger partial charge in [-0.2, -0.15) is 8.42 Å². The Kier molecular flexibility index (Phi) is 11.8. The highest BCUT2D eigenvalue weighted by Crippen LogP contribution is 2.10. The molecule has 0 aliphatic rings. The fourth-order valence-corrected chi connectivity index (χ4v) is 3.30.